The molecule has 1 unspecified atom stereocenters. The summed E-state index contributed by atoms with van der Waals surface area (Å²) in [7, 11) is -3.53. The third-order valence-electron chi connectivity index (χ3n) is 5.58. The Balaban J connectivity index is 1.41. The summed E-state index contributed by atoms with van der Waals surface area (Å²) >= 11 is 0. The molecule has 1 aliphatic rings. The monoisotopic (exact) mass is 451 g/mol. The van der Waals surface area contributed by atoms with E-state index in [0.717, 1.165) is 29.8 Å². The molecule has 0 aliphatic carbocycles. The average Bonchev–Trinajstić information content (AvgIpc) is 3.26. The summed E-state index contributed by atoms with van der Waals surface area (Å²) in [5.41, 5.74) is 4.25. The van der Waals surface area contributed by atoms with E-state index in [1.54, 1.807) is 6.92 Å². The van der Waals surface area contributed by atoms with Gasteiger partial charge in [0, 0.05) is 18.8 Å². The van der Waals surface area contributed by atoms with Crippen molar-refractivity contribution in [2.45, 2.75) is 36.7 Å². The fourth-order valence-corrected chi connectivity index (χ4v) is 5.05. The first-order valence-corrected chi connectivity index (χ1v) is 12.0. The number of anilines is 1. The van der Waals surface area contributed by atoms with Crippen LogP contribution in [0.25, 0.3) is 0 Å². The van der Waals surface area contributed by atoms with E-state index in [2.05, 4.69) is 10.6 Å². The van der Waals surface area contributed by atoms with E-state index in [9.17, 15) is 18.4 Å². The summed E-state index contributed by atoms with van der Waals surface area (Å²) in [6.45, 7) is 3.27. The number of carbonyl (C=O) groups is 1. The van der Waals surface area contributed by atoms with Crippen LogP contribution in [-0.2, 0) is 28.7 Å². The van der Waals surface area contributed by atoms with Crippen molar-refractivity contribution in [3.05, 3.63) is 95.1 Å². The molecule has 4 rings (SSSR count). The van der Waals surface area contributed by atoms with E-state index < -0.39 is 21.9 Å². The highest BCUT2D eigenvalue weighted by molar-refractivity contribution is 7.90. The van der Waals surface area contributed by atoms with Gasteiger partial charge in [0.25, 0.3) is 0 Å². The first-order chi connectivity index (χ1) is 15.3. The normalized spacial score (nSPS) is 13.9. The van der Waals surface area contributed by atoms with Crippen LogP contribution in [0.2, 0.25) is 0 Å². The van der Waals surface area contributed by atoms with Gasteiger partial charge in [0.2, 0.25) is 0 Å². The highest BCUT2D eigenvalue weighted by Crippen LogP contribution is 2.23. The Hall–Kier alpha value is -3.20. The van der Waals surface area contributed by atoms with Gasteiger partial charge in [-0.1, -0.05) is 48.5 Å². The molecule has 2 amide bonds. The fourth-order valence-electron chi connectivity index (χ4n) is 3.72. The summed E-state index contributed by atoms with van der Waals surface area (Å²) in [5.74, 6) is -0.0923. The minimum absolute atomic E-state index is 0.0923. The molecule has 0 saturated heterocycles. The lowest BCUT2D eigenvalue weighted by molar-refractivity contribution is -0.0690. The average molecular weight is 452 g/mol. The number of amides is 2. The predicted octanol–water partition coefficient (Wildman–Crippen LogP) is 4.25. The van der Waals surface area contributed by atoms with Crippen LogP contribution in [0, 0.1) is 0 Å². The van der Waals surface area contributed by atoms with Gasteiger partial charge in [-0.05, 0) is 53.4 Å². The maximum atomic E-state index is 12.8. The number of fused-ring (bicyclic) bond motifs is 1. The number of carbonyl (C=O) groups excluding carboxylic acids is 1. The van der Waals surface area contributed by atoms with E-state index in [4.69, 9.17) is 0 Å². The van der Waals surface area contributed by atoms with Crippen LogP contribution >= 0.6 is 0 Å². The lowest BCUT2D eigenvalue weighted by Crippen LogP contribution is -2.34. The Kier molecular flexibility index (Phi) is 6.27. The van der Waals surface area contributed by atoms with Gasteiger partial charge in [-0.25, -0.2) is 13.2 Å². The lowest BCUT2D eigenvalue weighted by atomic mass is 10.1. The maximum absolute atomic E-state index is 12.8. The van der Waals surface area contributed by atoms with Crippen molar-refractivity contribution in [2.24, 2.45) is 0 Å². The second kappa shape index (κ2) is 9.12. The van der Waals surface area contributed by atoms with Crippen LogP contribution in [-0.4, -0.2) is 24.7 Å². The van der Waals surface area contributed by atoms with Crippen LogP contribution in [0.3, 0.4) is 0 Å². The van der Waals surface area contributed by atoms with Crippen LogP contribution in [0.5, 0.6) is 0 Å². The first-order valence-electron chi connectivity index (χ1n) is 10.3. The van der Waals surface area contributed by atoms with Crippen molar-refractivity contribution in [3.63, 3.8) is 0 Å². The van der Waals surface area contributed by atoms with Gasteiger partial charge >= 0.3 is 6.03 Å². The first kappa shape index (κ1) is 22.0. The zero-order valence-corrected chi connectivity index (χ0v) is 18.5. The SMILES string of the molecule is CC(c1ccccc1)N(O)C(=O)Nc1ccc(S(=O)(=O)Cc2ccc3c(c2)CNC3)cc1. The summed E-state index contributed by atoms with van der Waals surface area (Å²) in [6, 6.07) is 19.6. The molecular formula is C24H25N3O4S. The molecular weight excluding hydrogens is 426 g/mol. The van der Waals surface area contributed by atoms with E-state index in [1.807, 2.05) is 48.5 Å². The number of rotatable bonds is 6. The molecule has 0 bridgehead atoms. The quantitative estimate of drug-likeness (QED) is 0.384. The van der Waals surface area contributed by atoms with E-state index in [1.165, 1.54) is 29.8 Å². The van der Waals surface area contributed by atoms with Crippen molar-refractivity contribution in [3.8, 4) is 0 Å². The van der Waals surface area contributed by atoms with E-state index in [0.29, 0.717) is 10.8 Å². The highest BCUT2D eigenvalue weighted by atomic mass is 32.2. The summed E-state index contributed by atoms with van der Waals surface area (Å²) in [4.78, 5) is 12.6. The summed E-state index contributed by atoms with van der Waals surface area (Å²) < 4.78 is 25.7. The van der Waals surface area contributed by atoms with Gasteiger partial charge in [0.15, 0.2) is 9.84 Å². The van der Waals surface area contributed by atoms with Gasteiger partial charge in [0.1, 0.15) is 0 Å². The number of sulfone groups is 1. The van der Waals surface area contributed by atoms with E-state index in [-0.39, 0.29) is 10.6 Å². The molecule has 0 radical (unpaired) electrons. The molecule has 1 aliphatic heterocycles. The van der Waals surface area contributed by atoms with Crippen molar-refractivity contribution in [2.75, 3.05) is 5.32 Å². The van der Waals surface area contributed by atoms with Crippen LogP contribution in [0.1, 0.15) is 35.2 Å². The zero-order valence-electron chi connectivity index (χ0n) is 17.7. The minimum atomic E-state index is -3.53. The van der Waals surface area contributed by atoms with Crippen molar-refractivity contribution in [1.29, 1.82) is 0 Å². The molecule has 3 aromatic carbocycles. The second-order valence-corrected chi connectivity index (χ2v) is 9.84. The van der Waals surface area contributed by atoms with Crippen LogP contribution in [0.15, 0.2) is 77.7 Å². The van der Waals surface area contributed by atoms with Crippen LogP contribution < -0.4 is 10.6 Å². The van der Waals surface area contributed by atoms with Crippen molar-refractivity contribution in [1.82, 2.24) is 10.4 Å². The number of hydrogen-bond donors (Lipinski definition) is 3. The number of benzene rings is 3. The fraction of sp³-hybridized carbons (Fsp3) is 0.208. The Morgan fingerprint density at radius 3 is 2.44 bits per heavy atom. The van der Waals surface area contributed by atoms with E-state index >= 15 is 0 Å². The standard InChI is InChI=1S/C24H25N3O4S/c1-17(19-5-3-2-4-6-19)27(29)24(28)26-22-9-11-23(12-10-22)32(30,31)16-18-7-8-20-14-25-15-21(20)13-18/h2-13,17,25,29H,14-16H2,1H3,(H,26,28). The Morgan fingerprint density at radius 2 is 1.72 bits per heavy atom. The number of nitrogens with one attached hydrogen (secondary N) is 2. The van der Waals surface area contributed by atoms with Gasteiger partial charge < -0.3 is 10.6 Å². The molecule has 166 valence electrons. The zero-order chi connectivity index (χ0) is 22.7. The molecule has 0 spiro atoms. The minimum Gasteiger partial charge on any atom is -0.309 e. The highest BCUT2D eigenvalue weighted by Gasteiger charge is 2.21. The van der Waals surface area contributed by atoms with Gasteiger partial charge in [-0.15, -0.1) is 0 Å². The molecule has 7 nitrogen and oxygen atoms in total. The number of nitrogens with zero attached hydrogens (tertiary/aromatic N) is 1. The smallest absolute Gasteiger partial charge is 0.309 e. The van der Waals surface area contributed by atoms with Gasteiger partial charge in [-0.2, -0.15) is 5.06 Å². The predicted molar refractivity (Wildman–Crippen MR) is 122 cm³/mol. The third-order valence-corrected chi connectivity index (χ3v) is 7.28. The molecule has 0 fully saturated rings. The number of hydroxylamine groups is 2. The van der Waals surface area contributed by atoms with Gasteiger partial charge in [-0.3, -0.25) is 5.21 Å². The lowest BCUT2D eigenvalue weighted by Gasteiger charge is -2.23. The van der Waals surface area contributed by atoms with Crippen molar-refractivity contribution < 1.29 is 18.4 Å². The molecule has 1 atom stereocenters. The van der Waals surface area contributed by atoms with Crippen molar-refractivity contribution >= 4 is 21.6 Å². The molecule has 3 N–H and O–H groups in total. The number of urea groups is 1. The Labute approximate surface area is 187 Å². The summed E-state index contributed by atoms with van der Waals surface area (Å²) in [5, 5.41) is 16.7. The molecule has 0 saturated carbocycles. The molecule has 32 heavy (non-hydrogen) atoms. The second-order valence-electron chi connectivity index (χ2n) is 7.85. The Morgan fingerprint density at radius 1 is 1.03 bits per heavy atom. The largest absolute Gasteiger partial charge is 0.346 e. The van der Waals surface area contributed by atoms with Gasteiger partial charge in [0.05, 0.1) is 16.7 Å². The Bertz CT molecular complexity index is 1210. The molecule has 0 aromatic heterocycles. The summed E-state index contributed by atoms with van der Waals surface area (Å²) in [6.07, 6.45) is 0. The molecule has 8 heteroatoms. The maximum Gasteiger partial charge on any atom is 0.346 e. The molecule has 1 heterocycles. The van der Waals surface area contributed by atoms with Crippen LogP contribution in [0.4, 0.5) is 10.5 Å². The molecule has 3 aromatic rings. The third kappa shape index (κ3) is 4.83. The number of hydrogen-bond acceptors (Lipinski definition) is 5. The topological polar surface area (TPSA) is 98.7 Å².